The second-order valence-electron chi connectivity index (χ2n) is 5.39. The van der Waals surface area contributed by atoms with Crippen LogP contribution in [-0.4, -0.2) is 84.8 Å². The van der Waals surface area contributed by atoms with Crippen LogP contribution in [0.25, 0.3) is 0 Å². The van der Waals surface area contributed by atoms with Gasteiger partial charge in [-0.05, 0) is 27.7 Å². The summed E-state index contributed by atoms with van der Waals surface area (Å²) in [5.41, 5.74) is 0. The van der Waals surface area contributed by atoms with E-state index in [0.29, 0.717) is 0 Å². The maximum Gasteiger partial charge on any atom is 3.00 e. The molecule has 22 heteroatoms. The second kappa shape index (κ2) is 21.3. The number of hydrogen-bond donors (Lipinski definition) is 4. The summed E-state index contributed by atoms with van der Waals surface area (Å²) in [5.74, 6) is -16.6. The van der Waals surface area contributed by atoms with Crippen LogP contribution in [0, 0.1) is 0 Å². The molecule has 0 aromatic heterocycles. The summed E-state index contributed by atoms with van der Waals surface area (Å²) in [7, 11) is 0. The van der Waals surface area contributed by atoms with Crippen molar-refractivity contribution in [2.75, 3.05) is 0 Å². The van der Waals surface area contributed by atoms with E-state index < -0.39 is 47.0 Å². The van der Waals surface area contributed by atoms with E-state index >= 15 is 0 Å². The van der Waals surface area contributed by atoms with Crippen LogP contribution in [0.1, 0.15) is 27.7 Å². The zero-order valence-electron chi connectivity index (χ0n) is 17.8. The normalized spacial score (nSPS) is 16.4. The summed E-state index contributed by atoms with van der Waals surface area (Å²) in [4.78, 5) is 38.7. The molecular weight excluding hydrogens is 592 g/mol. The zero-order valence-corrected chi connectivity index (χ0v) is 24.0. The van der Waals surface area contributed by atoms with Crippen molar-refractivity contribution >= 4 is 88.7 Å². The first-order chi connectivity index (χ1) is 14.0. The number of carbonyl (C=O) groups is 4. The molecule has 4 unspecified atom stereocenters. The topological polar surface area (TPSA) is 278 Å². The van der Waals surface area contributed by atoms with Gasteiger partial charge in [-0.25, -0.2) is 17.2 Å². The number of hydrogen-bond acceptors (Lipinski definition) is 16. The molecule has 0 radical (unpaired) electrons. The molecule has 0 bridgehead atoms. The Morgan fingerprint density at radius 3 is 0.618 bits per heavy atom. The molecule has 0 aliphatic heterocycles. The van der Waals surface area contributed by atoms with Gasteiger partial charge in [0, 0.05) is 0 Å². The molecule has 0 aliphatic carbocycles. The minimum absolute atomic E-state index is 0. The first-order valence-electron chi connectivity index (χ1n) is 6.96. The van der Waals surface area contributed by atoms with Crippen molar-refractivity contribution in [3.8, 4) is 0 Å². The molecule has 4 atom stereocenters. The molecule has 0 rings (SSSR count). The Morgan fingerprint density at radius 1 is 0.529 bits per heavy atom. The van der Waals surface area contributed by atoms with E-state index in [1.54, 1.807) is 0 Å². The van der Waals surface area contributed by atoms with Crippen molar-refractivity contribution in [3.05, 3.63) is 0 Å². The van der Waals surface area contributed by atoms with Crippen LogP contribution in [0.15, 0.2) is 0 Å². The number of carbonyl (C=O) groups excluding carboxylic acids is 4. The molecule has 0 heterocycles. The van der Waals surface area contributed by atoms with E-state index in [9.17, 15) is 39.6 Å². The van der Waals surface area contributed by atoms with Gasteiger partial charge in [0.25, 0.3) is 0 Å². The van der Waals surface area contributed by atoms with Gasteiger partial charge in [-0.1, -0.05) is 0 Å². The van der Waals surface area contributed by atoms with Crippen molar-refractivity contribution in [2.24, 2.45) is 0 Å². The van der Waals surface area contributed by atoms with Crippen LogP contribution in [0.5, 0.6) is 0 Å². The molecule has 0 amide bonds. The van der Waals surface area contributed by atoms with Gasteiger partial charge in [0.05, 0.1) is 47.5 Å². The Balaban J connectivity index is -0.0000000754. The Hall–Kier alpha value is 0.252. The third-order valence-corrected chi connectivity index (χ3v) is 3.32. The summed E-state index contributed by atoms with van der Waals surface area (Å²) < 4.78 is 14.3. The predicted octanol–water partition coefficient (Wildman–Crippen LogP) is -8.92. The van der Waals surface area contributed by atoms with E-state index in [1.165, 1.54) is 0 Å². The Labute approximate surface area is 244 Å². The maximum atomic E-state index is 9.68. The maximum absolute atomic E-state index is 9.68. The van der Waals surface area contributed by atoms with Crippen LogP contribution in [0.4, 0.5) is 0 Å². The van der Waals surface area contributed by atoms with Gasteiger partial charge in [0.1, 0.15) is 23.9 Å². The first kappa shape index (κ1) is 47.4. The van der Waals surface area contributed by atoms with Crippen molar-refractivity contribution in [1.29, 1.82) is 0 Å². The summed E-state index contributed by atoms with van der Waals surface area (Å²) in [6, 6.07) is 0. The smallest absolute Gasteiger partial charge is 0.544 e. The SMILES string of the molecule is CC(O)(OCl)C(=O)[O-].CC(O)(OCl)C(=O)[O-].CC(O)(OCl)C(=O)[O-].CC(O)(OCl)C(=O)[O-].[Al+3].[Na+]. The molecule has 0 aliphatic rings. The molecule has 0 saturated carbocycles. The van der Waals surface area contributed by atoms with Crippen LogP contribution in [0.3, 0.4) is 0 Å². The molecule has 192 valence electrons. The molecule has 0 spiro atoms. The van der Waals surface area contributed by atoms with Crippen molar-refractivity contribution in [2.45, 2.75) is 50.8 Å². The quantitative estimate of drug-likeness (QED) is 0.147. The summed E-state index contributed by atoms with van der Waals surface area (Å²) >= 11 is 18.1. The molecule has 34 heavy (non-hydrogen) atoms. The average molecular weight is 608 g/mol. The minimum Gasteiger partial charge on any atom is -0.544 e. The Kier molecular flexibility index (Phi) is 29.8. The third kappa shape index (κ3) is 24.0. The Morgan fingerprint density at radius 2 is 0.618 bits per heavy atom. The monoisotopic (exact) mass is 606 g/mol. The fraction of sp³-hybridized carbons (Fsp3) is 0.667. The zero-order chi connectivity index (χ0) is 27.1. The second-order valence-corrected chi connectivity index (χ2v) is 6.01. The number of carboxylic acid groups (broad SMARTS) is 4. The van der Waals surface area contributed by atoms with Crippen molar-refractivity contribution in [1.82, 2.24) is 0 Å². The number of halogens is 4. The minimum atomic E-state index is -2.39. The standard InChI is InChI=1S/4C3H5ClO4.Al.Na/c4*1-3(7,8-4)2(5)6;;/h4*7H,1H3,(H,5,6);;/q;;;;+3;+1/p-4. The first-order valence-corrected chi connectivity index (χ1v) is 8.20. The van der Waals surface area contributed by atoms with E-state index in [0.717, 1.165) is 27.7 Å². The van der Waals surface area contributed by atoms with E-state index in [2.05, 4.69) is 64.6 Å². The average Bonchev–Trinajstić information content (AvgIpc) is 2.68. The number of aliphatic hydroxyl groups is 4. The number of rotatable bonds is 8. The third-order valence-electron chi connectivity index (χ3n) is 2.12. The molecule has 0 aromatic carbocycles. The van der Waals surface area contributed by atoms with Crippen LogP contribution in [-0.2, 0) is 36.3 Å². The van der Waals surface area contributed by atoms with E-state index in [-0.39, 0.29) is 46.9 Å². The van der Waals surface area contributed by atoms with Gasteiger partial charge >= 0.3 is 46.9 Å². The largest absolute Gasteiger partial charge is 3.00 e. The van der Waals surface area contributed by atoms with Gasteiger partial charge in [0.15, 0.2) is 0 Å². The summed E-state index contributed by atoms with van der Waals surface area (Å²) in [6.07, 6.45) is 0. The summed E-state index contributed by atoms with van der Waals surface area (Å²) in [5, 5.41) is 72.3. The molecule has 0 saturated heterocycles. The fourth-order valence-corrected chi connectivity index (χ4v) is 0.378. The van der Waals surface area contributed by atoms with Crippen LogP contribution >= 0.6 is 47.5 Å². The predicted molar refractivity (Wildman–Crippen MR) is 96.0 cm³/mol. The van der Waals surface area contributed by atoms with Gasteiger partial charge in [-0.15, -0.1) is 0 Å². The molecule has 4 N–H and O–H groups in total. The van der Waals surface area contributed by atoms with Gasteiger partial charge in [0.2, 0.25) is 23.1 Å². The Bertz CT molecular complexity index is 515. The van der Waals surface area contributed by atoms with Gasteiger partial charge in [-0.3, -0.25) is 0 Å². The molecule has 0 aromatic rings. The molecule has 0 fully saturated rings. The van der Waals surface area contributed by atoms with Crippen molar-refractivity contribution in [3.63, 3.8) is 0 Å². The molecular formula is C12H16AlCl4NaO16. The fourth-order valence-electron chi connectivity index (χ4n) is 0.126. The molecule has 16 nitrogen and oxygen atoms in total. The van der Waals surface area contributed by atoms with Gasteiger partial charge < -0.3 is 60.0 Å². The summed E-state index contributed by atoms with van der Waals surface area (Å²) in [6.45, 7) is 3.43. The van der Waals surface area contributed by atoms with Gasteiger partial charge in [-0.2, -0.15) is 0 Å². The van der Waals surface area contributed by atoms with Crippen molar-refractivity contribution < 1.29 is 107 Å². The van der Waals surface area contributed by atoms with E-state index in [1.807, 2.05) is 0 Å². The number of aliphatic carboxylic acids is 4. The van der Waals surface area contributed by atoms with Crippen LogP contribution < -0.4 is 50.0 Å². The number of carboxylic acids is 4. The van der Waals surface area contributed by atoms with Crippen LogP contribution in [0.2, 0.25) is 0 Å². The van der Waals surface area contributed by atoms with E-state index in [4.69, 9.17) is 20.4 Å².